The van der Waals surface area contributed by atoms with Crippen LogP contribution in [0.3, 0.4) is 0 Å². The molecule has 0 radical (unpaired) electrons. The Labute approximate surface area is 200 Å². The molecule has 4 rings (SSSR count). The Kier molecular flexibility index (Phi) is 6.77. The molecule has 1 aliphatic heterocycles. The van der Waals surface area contributed by atoms with Gasteiger partial charge in [0.1, 0.15) is 11.3 Å². The summed E-state index contributed by atoms with van der Waals surface area (Å²) in [6.07, 6.45) is 3.11. The molecule has 6 heteroatoms. The fourth-order valence-electron chi connectivity index (χ4n) is 4.31. The van der Waals surface area contributed by atoms with Crippen molar-refractivity contribution in [1.29, 1.82) is 0 Å². The number of esters is 1. The molecule has 1 aliphatic rings. The first-order chi connectivity index (χ1) is 16.3. The lowest BCUT2D eigenvalue weighted by molar-refractivity contribution is 0.0270. The zero-order valence-electron chi connectivity index (χ0n) is 20.3. The molecule has 1 aromatic heterocycles. The molecular formula is C28H32N2O4. The van der Waals surface area contributed by atoms with Crippen molar-refractivity contribution in [2.24, 2.45) is 0 Å². The highest BCUT2D eigenvalue weighted by Crippen LogP contribution is 2.33. The van der Waals surface area contributed by atoms with Gasteiger partial charge in [-0.2, -0.15) is 0 Å². The fourth-order valence-corrected chi connectivity index (χ4v) is 4.31. The third-order valence-electron chi connectivity index (χ3n) is 5.85. The minimum atomic E-state index is -0.518. The molecule has 2 aromatic carbocycles. The molecule has 3 aromatic rings. The van der Waals surface area contributed by atoms with Crippen molar-refractivity contribution in [3.05, 3.63) is 77.0 Å². The number of carbonyl (C=O) groups excluding carboxylic acids is 2. The van der Waals surface area contributed by atoms with E-state index in [1.165, 1.54) is 0 Å². The van der Waals surface area contributed by atoms with Gasteiger partial charge in [-0.05, 0) is 50.8 Å². The Balaban J connectivity index is 1.69. The number of fused-ring (bicyclic) bond motifs is 1. The number of hydrogen-bond acceptors (Lipinski definition) is 4. The maximum Gasteiger partial charge on any atom is 0.410 e. The zero-order valence-corrected chi connectivity index (χ0v) is 20.3. The summed E-state index contributed by atoms with van der Waals surface area (Å²) in [5.41, 5.74) is 5.17. The topological polar surface area (TPSA) is 71.6 Å². The third kappa shape index (κ3) is 5.16. The third-order valence-corrected chi connectivity index (χ3v) is 5.85. The molecule has 2 heterocycles. The van der Waals surface area contributed by atoms with Crippen LogP contribution in [-0.4, -0.2) is 47.2 Å². The normalized spacial score (nSPS) is 14.1. The highest BCUT2D eigenvalue weighted by Gasteiger charge is 2.26. The maximum absolute atomic E-state index is 12.8. The van der Waals surface area contributed by atoms with E-state index in [4.69, 9.17) is 9.47 Å². The van der Waals surface area contributed by atoms with E-state index in [-0.39, 0.29) is 12.1 Å². The molecule has 0 saturated heterocycles. The van der Waals surface area contributed by atoms with Crippen molar-refractivity contribution in [3.8, 4) is 0 Å². The van der Waals surface area contributed by atoms with Gasteiger partial charge in [-0.15, -0.1) is 0 Å². The monoisotopic (exact) mass is 460 g/mol. The van der Waals surface area contributed by atoms with Gasteiger partial charge in [0.15, 0.2) is 0 Å². The Hall–Kier alpha value is -3.54. The standard InChI is InChI=1S/C28H32N2O4/c1-5-33-26(31)25-23(18-19-10-7-6-8-11-19)22-13-9-12-21(24(22)29-25)20-14-16-30(17-15-20)27(32)34-28(2,3)4/h6-14,29H,5,15-18H2,1-4H3. The van der Waals surface area contributed by atoms with Gasteiger partial charge in [-0.1, -0.05) is 54.6 Å². The maximum atomic E-state index is 12.8. The average Bonchev–Trinajstić information content (AvgIpc) is 3.17. The number of nitrogens with zero attached hydrogens (tertiary/aromatic N) is 1. The molecule has 0 atom stereocenters. The summed E-state index contributed by atoms with van der Waals surface area (Å²) >= 11 is 0. The van der Waals surface area contributed by atoms with Gasteiger partial charge in [0.05, 0.1) is 12.1 Å². The van der Waals surface area contributed by atoms with Crippen molar-refractivity contribution in [1.82, 2.24) is 9.88 Å². The minimum Gasteiger partial charge on any atom is -0.461 e. The predicted molar refractivity (Wildman–Crippen MR) is 134 cm³/mol. The Morgan fingerprint density at radius 2 is 1.82 bits per heavy atom. The van der Waals surface area contributed by atoms with Crippen molar-refractivity contribution < 1.29 is 19.1 Å². The number of ether oxygens (including phenoxy) is 2. The van der Waals surface area contributed by atoms with Crippen LogP contribution >= 0.6 is 0 Å². The molecule has 1 amide bonds. The summed E-state index contributed by atoms with van der Waals surface area (Å²) in [6, 6.07) is 16.3. The van der Waals surface area contributed by atoms with Crippen LogP contribution < -0.4 is 0 Å². The van der Waals surface area contributed by atoms with Crippen LogP contribution in [0.4, 0.5) is 4.79 Å². The average molecular weight is 461 g/mol. The predicted octanol–water partition coefficient (Wildman–Crippen LogP) is 5.96. The first-order valence-electron chi connectivity index (χ1n) is 11.8. The number of benzene rings is 2. The number of H-pyrrole nitrogens is 1. The molecule has 34 heavy (non-hydrogen) atoms. The molecule has 6 nitrogen and oxygen atoms in total. The number of carbonyl (C=O) groups is 2. The second-order valence-corrected chi connectivity index (χ2v) is 9.50. The fraction of sp³-hybridized carbons (Fsp3) is 0.357. The number of nitrogens with one attached hydrogen (secondary N) is 1. The van der Waals surface area contributed by atoms with Gasteiger partial charge in [0, 0.05) is 30.5 Å². The van der Waals surface area contributed by atoms with E-state index in [1.807, 2.05) is 58.0 Å². The summed E-state index contributed by atoms with van der Waals surface area (Å²) in [5, 5.41) is 1.01. The van der Waals surface area contributed by atoms with Crippen molar-refractivity contribution >= 4 is 28.5 Å². The van der Waals surface area contributed by atoms with Gasteiger partial charge in [0.25, 0.3) is 0 Å². The number of para-hydroxylation sites is 1. The van der Waals surface area contributed by atoms with Gasteiger partial charge in [-0.25, -0.2) is 9.59 Å². The second-order valence-electron chi connectivity index (χ2n) is 9.50. The van der Waals surface area contributed by atoms with E-state index in [2.05, 4.69) is 29.3 Å². The van der Waals surface area contributed by atoms with E-state index < -0.39 is 5.60 Å². The van der Waals surface area contributed by atoms with Crippen LogP contribution in [0.1, 0.15) is 61.3 Å². The highest BCUT2D eigenvalue weighted by molar-refractivity contribution is 6.02. The second kappa shape index (κ2) is 9.75. The highest BCUT2D eigenvalue weighted by atomic mass is 16.6. The van der Waals surface area contributed by atoms with E-state index >= 15 is 0 Å². The summed E-state index contributed by atoms with van der Waals surface area (Å²) in [4.78, 5) is 30.4. The Bertz CT molecular complexity index is 1220. The van der Waals surface area contributed by atoms with Crippen LogP contribution in [0, 0.1) is 0 Å². The van der Waals surface area contributed by atoms with Crippen LogP contribution in [-0.2, 0) is 15.9 Å². The minimum absolute atomic E-state index is 0.296. The summed E-state index contributed by atoms with van der Waals surface area (Å²) < 4.78 is 10.9. The SMILES string of the molecule is CCOC(=O)c1[nH]c2c(C3=CCN(C(=O)OC(C)(C)C)CC3)cccc2c1Cc1ccccc1. The molecule has 0 saturated carbocycles. The van der Waals surface area contributed by atoms with Crippen LogP contribution in [0.25, 0.3) is 16.5 Å². The van der Waals surface area contributed by atoms with E-state index in [1.54, 1.807) is 4.90 Å². The Morgan fingerprint density at radius 3 is 2.47 bits per heavy atom. The first kappa shape index (κ1) is 23.6. The largest absolute Gasteiger partial charge is 0.461 e. The van der Waals surface area contributed by atoms with Gasteiger partial charge in [-0.3, -0.25) is 0 Å². The van der Waals surface area contributed by atoms with Crippen molar-refractivity contribution in [2.75, 3.05) is 19.7 Å². The van der Waals surface area contributed by atoms with Crippen LogP contribution in [0.2, 0.25) is 0 Å². The van der Waals surface area contributed by atoms with Gasteiger partial charge < -0.3 is 19.4 Å². The van der Waals surface area contributed by atoms with Crippen LogP contribution in [0.15, 0.2) is 54.6 Å². The van der Waals surface area contributed by atoms with E-state index in [0.29, 0.717) is 38.2 Å². The number of amides is 1. The molecule has 178 valence electrons. The molecular weight excluding hydrogens is 428 g/mol. The molecule has 0 aliphatic carbocycles. The number of aromatic amines is 1. The molecule has 0 bridgehead atoms. The molecule has 1 N–H and O–H groups in total. The number of hydrogen-bond donors (Lipinski definition) is 1. The lowest BCUT2D eigenvalue weighted by Crippen LogP contribution is -2.39. The molecule has 0 unspecified atom stereocenters. The quantitative estimate of drug-likeness (QED) is 0.477. The van der Waals surface area contributed by atoms with Gasteiger partial charge >= 0.3 is 12.1 Å². The summed E-state index contributed by atoms with van der Waals surface area (Å²) in [7, 11) is 0. The van der Waals surface area contributed by atoms with Gasteiger partial charge in [0.2, 0.25) is 0 Å². The van der Waals surface area contributed by atoms with E-state index in [9.17, 15) is 9.59 Å². The first-order valence-corrected chi connectivity index (χ1v) is 11.8. The van der Waals surface area contributed by atoms with Crippen molar-refractivity contribution in [3.63, 3.8) is 0 Å². The van der Waals surface area contributed by atoms with E-state index in [0.717, 1.165) is 33.2 Å². The lowest BCUT2D eigenvalue weighted by Gasteiger charge is -2.29. The summed E-state index contributed by atoms with van der Waals surface area (Å²) in [6.45, 7) is 8.81. The number of aromatic nitrogens is 1. The number of rotatable bonds is 5. The zero-order chi connectivity index (χ0) is 24.3. The smallest absolute Gasteiger partial charge is 0.410 e. The Morgan fingerprint density at radius 1 is 1.06 bits per heavy atom. The summed E-state index contributed by atoms with van der Waals surface area (Å²) in [5.74, 6) is -0.343. The molecule has 0 fully saturated rings. The van der Waals surface area contributed by atoms with Crippen molar-refractivity contribution in [2.45, 2.75) is 46.1 Å². The van der Waals surface area contributed by atoms with Crippen LogP contribution in [0.5, 0.6) is 0 Å². The molecule has 0 spiro atoms. The lowest BCUT2D eigenvalue weighted by atomic mass is 9.95.